The Kier molecular flexibility index (Phi) is 8.76. The zero-order chi connectivity index (χ0) is 30.8. The average molecular weight is 589 g/mol. The van der Waals surface area contributed by atoms with Gasteiger partial charge in [-0.15, -0.1) is 13.2 Å². The molecule has 1 N–H and O–H groups in total. The molecular weight excluding hydrogens is 548 g/mol. The number of aliphatic hydroxyl groups is 1. The number of benzene rings is 2. The van der Waals surface area contributed by atoms with Crippen molar-refractivity contribution in [2.45, 2.75) is 55.9 Å². The van der Waals surface area contributed by atoms with Crippen LogP contribution in [0.5, 0.6) is 5.75 Å². The fourth-order valence-corrected chi connectivity index (χ4v) is 7.23. The minimum absolute atomic E-state index is 0.146. The minimum Gasteiger partial charge on any atom is -0.497 e. The Morgan fingerprint density at radius 3 is 2.49 bits per heavy atom. The van der Waals surface area contributed by atoms with E-state index < -0.39 is 41.1 Å². The van der Waals surface area contributed by atoms with Gasteiger partial charge in [-0.25, -0.2) is 0 Å². The Hall–Kier alpha value is -3.95. The number of rotatable bonds is 13. The molecule has 3 aliphatic rings. The number of ether oxygens (including phenoxy) is 3. The normalized spacial score (nSPS) is 27.8. The molecule has 9 nitrogen and oxygen atoms in total. The Labute approximate surface area is 252 Å². The molecule has 43 heavy (non-hydrogen) atoms. The zero-order valence-corrected chi connectivity index (χ0v) is 24.8. The van der Waals surface area contributed by atoms with Gasteiger partial charge in [0.25, 0.3) is 5.91 Å². The fourth-order valence-electron chi connectivity index (χ4n) is 7.23. The third kappa shape index (κ3) is 5.25. The number of aliphatic hydroxyl groups excluding tert-OH is 1. The third-order valence-electron chi connectivity index (χ3n) is 9.15. The molecule has 1 spiro atoms. The molecule has 5 rings (SSSR count). The highest BCUT2D eigenvalue weighted by molar-refractivity contribution is 6.05. The summed E-state index contributed by atoms with van der Waals surface area (Å²) in [6, 6.07) is 14.8. The van der Waals surface area contributed by atoms with E-state index in [2.05, 4.69) is 13.2 Å². The maximum absolute atomic E-state index is 14.8. The summed E-state index contributed by atoms with van der Waals surface area (Å²) in [6.45, 7) is 9.33. The number of carbonyl (C=O) groups is 3. The van der Waals surface area contributed by atoms with Crippen molar-refractivity contribution in [1.82, 2.24) is 4.90 Å². The van der Waals surface area contributed by atoms with Crippen molar-refractivity contribution in [3.05, 3.63) is 85.5 Å². The summed E-state index contributed by atoms with van der Waals surface area (Å²) in [5.74, 6) is -2.43. The molecule has 228 valence electrons. The van der Waals surface area contributed by atoms with Crippen molar-refractivity contribution in [3.8, 4) is 5.75 Å². The van der Waals surface area contributed by atoms with E-state index in [0.717, 1.165) is 5.56 Å². The van der Waals surface area contributed by atoms with Crippen molar-refractivity contribution in [3.63, 3.8) is 0 Å². The highest BCUT2D eigenvalue weighted by Gasteiger charge is 2.79. The Balaban J connectivity index is 1.60. The molecule has 2 bridgehead atoms. The van der Waals surface area contributed by atoms with Gasteiger partial charge in [-0.3, -0.25) is 14.4 Å². The van der Waals surface area contributed by atoms with Gasteiger partial charge in [0.2, 0.25) is 5.91 Å². The molecular formula is C34H40N2O7. The first-order valence-corrected chi connectivity index (χ1v) is 14.8. The Morgan fingerprint density at radius 2 is 1.86 bits per heavy atom. The summed E-state index contributed by atoms with van der Waals surface area (Å²) < 4.78 is 17.6. The molecule has 0 saturated carbocycles. The second-order valence-corrected chi connectivity index (χ2v) is 11.7. The number of anilines is 1. The predicted molar refractivity (Wildman–Crippen MR) is 161 cm³/mol. The second-order valence-electron chi connectivity index (χ2n) is 11.7. The van der Waals surface area contributed by atoms with Gasteiger partial charge in [-0.2, -0.15) is 0 Å². The molecule has 3 fully saturated rings. The first-order chi connectivity index (χ1) is 20.7. The Bertz CT molecular complexity index is 1360. The number of methoxy groups -OCH3 is 1. The van der Waals surface area contributed by atoms with E-state index >= 15 is 0 Å². The molecule has 3 aliphatic heterocycles. The lowest BCUT2D eigenvalue weighted by atomic mass is 9.66. The molecule has 0 aromatic heterocycles. The van der Waals surface area contributed by atoms with Gasteiger partial charge < -0.3 is 29.1 Å². The largest absolute Gasteiger partial charge is 0.497 e. The van der Waals surface area contributed by atoms with Crippen LogP contribution in [0.15, 0.2) is 79.9 Å². The van der Waals surface area contributed by atoms with E-state index in [1.807, 2.05) is 37.3 Å². The molecule has 2 unspecified atom stereocenters. The Morgan fingerprint density at radius 1 is 1.14 bits per heavy atom. The monoisotopic (exact) mass is 588 g/mol. The minimum atomic E-state index is -1.26. The number of esters is 1. The number of fused-ring (bicyclic) bond motifs is 1. The number of likely N-dealkylation sites (tertiary alicyclic amines) is 1. The van der Waals surface area contributed by atoms with Gasteiger partial charge in [-0.05, 0) is 62.4 Å². The van der Waals surface area contributed by atoms with E-state index in [0.29, 0.717) is 37.1 Å². The van der Waals surface area contributed by atoms with E-state index in [1.165, 1.54) is 4.90 Å². The topological polar surface area (TPSA) is 106 Å². The SMILES string of the molecule is C=CCCOC(=O)[C@H]1[C@H]2C(=O)N([C@@H](CO)Cc3ccccc3)C(C(=O)N(CC=C)c3ccc(OC)cc3)C23CC[C@]1(C)O3. The summed E-state index contributed by atoms with van der Waals surface area (Å²) >= 11 is 0. The zero-order valence-electron chi connectivity index (χ0n) is 24.8. The van der Waals surface area contributed by atoms with E-state index in [1.54, 1.807) is 48.4 Å². The molecule has 3 saturated heterocycles. The van der Waals surface area contributed by atoms with Crippen LogP contribution in [0.4, 0.5) is 5.69 Å². The van der Waals surface area contributed by atoms with Crippen LogP contribution in [0.25, 0.3) is 0 Å². The molecule has 0 aliphatic carbocycles. The summed E-state index contributed by atoms with van der Waals surface area (Å²) in [5.41, 5.74) is -0.721. The van der Waals surface area contributed by atoms with Gasteiger partial charge in [0.15, 0.2) is 0 Å². The van der Waals surface area contributed by atoms with Crippen LogP contribution in [0.1, 0.15) is 31.7 Å². The number of nitrogens with zero attached hydrogens (tertiary/aromatic N) is 2. The van der Waals surface area contributed by atoms with Gasteiger partial charge >= 0.3 is 5.97 Å². The van der Waals surface area contributed by atoms with E-state index in [4.69, 9.17) is 14.2 Å². The molecule has 9 heteroatoms. The summed E-state index contributed by atoms with van der Waals surface area (Å²) in [5, 5.41) is 10.7. The highest BCUT2D eigenvalue weighted by Crippen LogP contribution is 2.63. The predicted octanol–water partition coefficient (Wildman–Crippen LogP) is 3.70. The van der Waals surface area contributed by atoms with Crippen LogP contribution in [0.3, 0.4) is 0 Å². The average Bonchev–Trinajstić information content (AvgIpc) is 3.59. The quantitative estimate of drug-likeness (QED) is 0.216. The van der Waals surface area contributed by atoms with E-state index in [9.17, 15) is 19.5 Å². The van der Waals surface area contributed by atoms with Gasteiger partial charge in [-0.1, -0.05) is 42.5 Å². The third-order valence-corrected chi connectivity index (χ3v) is 9.15. The van der Waals surface area contributed by atoms with E-state index in [-0.39, 0.29) is 31.6 Å². The van der Waals surface area contributed by atoms with Crippen molar-refractivity contribution in [2.75, 3.05) is 31.8 Å². The second kappa shape index (κ2) is 12.3. The van der Waals surface area contributed by atoms with Crippen LogP contribution < -0.4 is 9.64 Å². The van der Waals surface area contributed by atoms with Crippen LogP contribution in [-0.4, -0.2) is 77.9 Å². The van der Waals surface area contributed by atoms with Crippen molar-refractivity contribution in [2.24, 2.45) is 11.8 Å². The lowest BCUT2D eigenvalue weighted by Crippen LogP contribution is -2.59. The van der Waals surface area contributed by atoms with Crippen LogP contribution in [-0.2, 0) is 30.3 Å². The number of hydrogen-bond donors (Lipinski definition) is 1. The lowest BCUT2D eigenvalue weighted by molar-refractivity contribution is -0.160. The van der Waals surface area contributed by atoms with Crippen molar-refractivity contribution in [1.29, 1.82) is 0 Å². The number of amides is 2. The molecule has 0 radical (unpaired) electrons. The van der Waals surface area contributed by atoms with Crippen LogP contribution >= 0.6 is 0 Å². The standard InChI is InChI=1S/C34H40N2O7/c1-5-7-20-42-32(40)28-27-30(38)36(25(22-37)21-23-11-9-8-10-12-23)29(34(27)18-17-33(28,3)43-34)31(39)35(19-6-2)24-13-15-26(41-4)16-14-24/h5-6,8-16,25,27-29,37H,1-2,7,17-22H2,3-4H3/t25-,27+,28-,29?,33+,34?/m1/s1. The molecule has 6 atom stereocenters. The van der Waals surface area contributed by atoms with Crippen LogP contribution in [0, 0.1) is 11.8 Å². The number of hydrogen-bond acceptors (Lipinski definition) is 7. The van der Waals surface area contributed by atoms with Gasteiger partial charge in [0, 0.05) is 12.2 Å². The molecule has 2 amide bonds. The highest BCUT2D eigenvalue weighted by atomic mass is 16.6. The smallest absolute Gasteiger partial charge is 0.312 e. The maximum atomic E-state index is 14.8. The first-order valence-electron chi connectivity index (χ1n) is 14.8. The molecule has 2 aromatic rings. The maximum Gasteiger partial charge on any atom is 0.312 e. The summed E-state index contributed by atoms with van der Waals surface area (Å²) in [4.78, 5) is 46.0. The lowest BCUT2D eigenvalue weighted by Gasteiger charge is -2.39. The van der Waals surface area contributed by atoms with Gasteiger partial charge in [0.05, 0.1) is 37.9 Å². The van der Waals surface area contributed by atoms with Crippen molar-refractivity contribution < 1.29 is 33.7 Å². The van der Waals surface area contributed by atoms with Crippen LogP contribution in [0.2, 0.25) is 0 Å². The number of carbonyl (C=O) groups excluding carboxylic acids is 3. The molecule has 2 aromatic carbocycles. The summed E-state index contributed by atoms with van der Waals surface area (Å²) in [6.07, 6.45) is 4.99. The van der Waals surface area contributed by atoms with Crippen molar-refractivity contribution >= 4 is 23.5 Å². The molecule has 3 heterocycles. The summed E-state index contributed by atoms with van der Waals surface area (Å²) in [7, 11) is 1.57. The van der Waals surface area contributed by atoms with Gasteiger partial charge in [0.1, 0.15) is 23.3 Å². The first kappa shape index (κ1) is 30.5. The fraction of sp³-hybridized carbons (Fsp3) is 0.441.